The summed E-state index contributed by atoms with van der Waals surface area (Å²) in [5, 5.41) is 0. The molecular formula is C14H17. The summed E-state index contributed by atoms with van der Waals surface area (Å²) in [5.74, 6) is 2.48. The lowest BCUT2D eigenvalue weighted by Gasteiger charge is -2.05. The first-order valence-electron chi connectivity index (χ1n) is 5.36. The second-order valence-corrected chi connectivity index (χ2v) is 3.57. The standard InChI is InChI=1S/C14H17/c1-4-7-8-12-9-10-13(5-2)14(6-3)11-12/h9-11H,4,6-8H2,1,3H3. The molecule has 0 spiro atoms. The van der Waals surface area contributed by atoms with Gasteiger partial charge in [-0.15, -0.1) is 0 Å². The molecule has 73 valence electrons. The molecule has 1 radical (unpaired) electrons. The van der Waals surface area contributed by atoms with E-state index in [9.17, 15) is 0 Å². The van der Waals surface area contributed by atoms with E-state index in [1.807, 2.05) is 6.07 Å². The van der Waals surface area contributed by atoms with Gasteiger partial charge in [-0.2, -0.15) is 0 Å². The van der Waals surface area contributed by atoms with Gasteiger partial charge in [-0.1, -0.05) is 38.3 Å². The number of unbranched alkanes of at least 4 members (excludes halogenated alkanes) is 1. The lowest BCUT2D eigenvalue weighted by Crippen LogP contribution is -1.91. The molecule has 0 heterocycles. The van der Waals surface area contributed by atoms with E-state index < -0.39 is 0 Å². The average molecular weight is 185 g/mol. The quantitative estimate of drug-likeness (QED) is 0.629. The van der Waals surface area contributed by atoms with Gasteiger partial charge in [-0.3, -0.25) is 0 Å². The van der Waals surface area contributed by atoms with E-state index in [1.54, 1.807) is 0 Å². The molecule has 0 saturated carbocycles. The summed E-state index contributed by atoms with van der Waals surface area (Å²) in [7, 11) is 0. The third kappa shape index (κ3) is 2.64. The maximum absolute atomic E-state index is 7.15. The fourth-order valence-corrected chi connectivity index (χ4v) is 1.60. The summed E-state index contributed by atoms with van der Waals surface area (Å²) in [6.45, 7) is 4.33. The van der Waals surface area contributed by atoms with Crippen LogP contribution >= 0.6 is 0 Å². The van der Waals surface area contributed by atoms with Gasteiger partial charge in [0, 0.05) is 5.56 Å². The molecule has 0 saturated heterocycles. The zero-order chi connectivity index (χ0) is 10.4. The zero-order valence-corrected chi connectivity index (χ0v) is 9.06. The minimum Gasteiger partial charge on any atom is -0.0654 e. The van der Waals surface area contributed by atoms with E-state index in [0.717, 1.165) is 18.4 Å². The number of benzene rings is 1. The van der Waals surface area contributed by atoms with Gasteiger partial charge >= 0.3 is 0 Å². The lowest BCUT2D eigenvalue weighted by molar-refractivity contribution is 0.794. The van der Waals surface area contributed by atoms with E-state index in [0.29, 0.717) is 0 Å². The van der Waals surface area contributed by atoms with Gasteiger partial charge in [-0.25, -0.2) is 0 Å². The predicted molar refractivity (Wildman–Crippen MR) is 60.7 cm³/mol. The molecule has 0 unspecified atom stereocenters. The van der Waals surface area contributed by atoms with Gasteiger partial charge in [0.1, 0.15) is 0 Å². The summed E-state index contributed by atoms with van der Waals surface area (Å²) in [4.78, 5) is 0. The van der Waals surface area contributed by atoms with Crippen molar-refractivity contribution < 1.29 is 0 Å². The molecule has 0 aliphatic carbocycles. The number of hydrogen-bond donors (Lipinski definition) is 0. The van der Waals surface area contributed by atoms with Gasteiger partial charge in [0.15, 0.2) is 0 Å². The Kier molecular flexibility index (Phi) is 4.26. The van der Waals surface area contributed by atoms with Gasteiger partial charge in [0.25, 0.3) is 0 Å². The molecule has 0 N–H and O–H groups in total. The first-order chi connectivity index (χ1) is 6.81. The molecule has 0 nitrogen and oxygen atoms in total. The first-order valence-corrected chi connectivity index (χ1v) is 5.36. The van der Waals surface area contributed by atoms with E-state index in [-0.39, 0.29) is 0 Å². The Hall–Kier alpha value is -1.22. The van der Waals surface area contributed by atoms with Crippen molar-refractivity contribution >= 4 is 0 Å². The molecule has 0 amide bonds. The molecule has 0 aliphatic heterocycles. The van der Waals surface area contributed by atoms with Gasteiger partial charge in [-0.05, 0) is 42.9 Å². The van der Waals surface area contributed by atoms with Gasteiger partial charge in [0.2, 0.25) is 0 Å². The van der Waals surface area contributed by atoms with Crippen LogP contribution in [0.15, 0.2) is 18.2 Å². The Balaban J connectivity index is 2.86. The molecule has 0 fully saturated rings. The van der Waals surface area contributed by atoms with Gasteiger partial charge < -0.3 is 0 Å². The van der Waals surface area contributed by atoms with Crippen molar-refractivity contribution in [3.8, 4) is 5.92 Å². The van der Waals surface area contributed by atoms with E-state index in [4.69, 9.17) is 6.42 Å². The van der Waals surface area contributed by atoms with Crippen molar-refractivity contribution in [2.24, 2.45) is 0 Å². The van der Waals surface area contributed by atoms with Crippen LogP contribution in [0.3, 0.4) is 0 Å². The largest absolute Gasteiger partial charge is 0.0654 e. The Morgan fingerprint density at radius 2 is 2.07 bits per heavy atom. The zero-order valence-electron chi connectivity index (χ0n) is 9.06. The predicted octanol–water partition coefficient (Wildman–Crippen LogP) is 3.53. The van der Waals surface area contributed by atoms with E-state index in [1.165, 1.54) is 24.0 Å². The molecule has 1 aromatic carbocycles. The second kappa shape index (κ2) is 5.50. The maximum Gasteiger partial charge on any atom is 0.0287 e. The Bertz CT molecular complexity index is 328. The third-order valence-corrected chi connectivity index (χ3v) is 2.50. The monoisotopic (exact) mass is 185 g/mol. The Labute approximate surface area is 87.4 Å². The summed E-state index contributed by atoms with van der Waals surface area (Å²) >= 11 is 0. The smallest absolute Gasteiger partial charge is 0.0287 e. The van der Waals surface area contributed by atoms with Crippen LogP contribution in [0.2, 0.25) is 0 Å². The Morgan fingerprint density at radius 1 is 1.29 bits per heavy atom. The molecule has 0 heteroatoms. The third-order valence-electron chi connectivity index (χ3n) is 2.50. The normalized spacial score (nSPS) is 9.79. The minimum atomic E-state index is 0.938. The summed E-state index contributed by atoms with van der Waals surface area (Å²) in [5.41, 5.74) is 3.57. The van der Waals surface area contributed by atoms with Crippen molar-refractivity contribution in [1.29, 1.82) is 0 Å². The van der Waals surface area contributed by atoms with Crippen LogP contribution in [0.25, 0.3) is 0 Å². The van der Waals surface area contributed by atoms with Crippen molar-refractivity contribution in [2.75, 3.05) is 0 Å². The summed E-state index contributed by atoms with van der Waals surface area (Å²) < 4.78 is 0. The molecule has 1 aromatic rings. The summed E-state index contributed by atoms with van der Waals surface area (Å²) in [6.07, 6.45) is 11.8. The minimum absolute atomic E-state index is 0.938. The molecule has 0 bridgehead atoms. The number of aryl methyl sites for hydroxylation is 2. The van der Waals surface area contributed by atoms with Crippen molar-refractivity contribution in [3.63, 3.8) is 0 Å². The van der Waals surface area contributed by atoms with Crippen LogP contribution in [-0.2, 0) is 12.8 Å². The Morgan fingerprint density at radius 3 is 2.64 bits per heavy atom. The fraction of sp³-hybridized carbons (Fsp3) is 0.429. The van der Waals surface area contributed by atoms with E-state index >= 15 is 0 Å². The second-order valence-electron chi connectivity index (χ2n) is 3.57. The van der Waals surface area contributed by atoms with Crippen molar-refractivity contribution in [3.05, 3.63) is 41.3 Å². The highest BCUT2D eigenvalue weighted by molar-refractivity contribution is 5.41. The molecule has 1 rings (SSSR count). The van der Waals surface area contributed by atoms with Crippen LogP contribution in [-0.4, -0.2) is 0 Å². The number of hydrogen-bond acceptors (Lipinski definition) is 0. The van der Waals surface area contributed by atoms with Crippen LogP contribution in [0.4, 0.5) is 0 Å². The van der Waals surface area contributed by atoms with Crippen LogP contribution in [0.1, 0.15) is 43.4 Å². The molecule has 14 heavy (non-hydrogen) atoms. The highest BCUT2D eigenvalue weighted by Gasteiger charge is 1.99. The van der Waals surface area contributed by atoms with Crippen LogP contribution in [0, 0.1) is 12.3 Å². The van der Waals surface area contributed by atoms with E-state index in [2.05, 4.69) is 31.9 Å². The SMILES string of the molecule is [C]#Cc1ccc(CCCC)cc1CC. The highest BCUT2D eigenvalue weighted by atomic mass is 14.0. The average Bonchev–Trinajstić information content (AvgIpc) is 2.25. The first kappa shape index (κ1) is 10.9. The summed E-state index contributed by atoms with van der Waals surface area (Å²) in [6, 6.07) is 6.34. The van der Waals surface area contributed by atoms with Crippen LogP contribution in [0.5, 0.6) is 0 Å². The molecule has 0 aliphatic rings. The lowest BCUT2D eigenvalue weighted by atomic mass is 9.99. The molecular weight excluding hydrogens is 168 g/mol. The molecule has 0 atom stereocenters. The number of rotatable bonds is 4. The highest BCUT2D eigenvalue weighted by Crippen LogP contribution is 2.13. The molecule has 0 aromatic heterocycles. The van der Waals surface area contributed by atoms with Gasteiger partial charge in [0.05, 0.1) is 0 Å². The maximum atomic E-state index is 7.15. The fourth-order valence-electron chi connectivity index (χ4n) is 1.60. The topological polar surface area (TPSA) is 0 Å². The van der Waals surface area contributed by atoms with Crippen LogP contribution < -0.4 is 0 Å². The van der Waals surface area contributed by atoms with Crippen molar-refractivity contribution in [2.45, 2.75) is 39.5 Å². The van der Waals surface area contributed by atoms with Crippen molar-refractivity contribution in [1.82, 2.24) is 0 Å².